The van der Waals surface area contributed by atoms with Crippen molar-refractivity contribution < 1.29 is 26.3 Å². The molecule has 10 heteroatoms. The van der Waals surface area contributed by atoms with Crippen LogP contribution in [0.1, 0.15) is 12.0 Å². The maximum absolute atomic E-state index is 12.6. The Hall–Kier alpha value is -2.30. The minimum absolute atomic E-state index is 0.0283. The van der Waals surface area contributed by atoms with Gasteiger partial charge < -0.3 is 9.47 Å². The van der Waals surface area contributed by atoms with Gasteiger partial charge in [0.1, 0.15) is 0 Å². The van der Waals surface area contributed by atoms with Gasteiger partial charge in [-0.25, -0.2) is 22.0 Å². The first-order chi connectivity index (χ1) is 12.2. The first-order valence-corrected chi connectivity index (χ1v) is 10.8. The van der Waals surface area contributed by atoms with Crippen LogP contribution in [0, 0.1) is 6.92 Å². The molecule has 26 heavy (non-hydrogen) atoms. The Morgan fingerprint density at radius 1 is 0.962 bits per heavy atom. The maximum Gasteiger partial charge on any atom is 0.262 e. The molecule has 1 aliphatic heterocycles. The van der Waals surface area contributed by atoms with E-state index in [9.17, 15) is 16.8 Å². The summed E-state index contributed by atoms with van der Waals surface area (Å²) >= 11 is 0. The zero-order valence-corrected chi connectivity index (χ0v) is 15.6. The quantitative estimate of drug-likeness (QED) is 0.806. The van der Waals surface area contributed by atoms with Crippen molar-refractivity contribution in [1.82, 2.24) is 0 Å². The molecule has 3 N–H and O–H groups in total. The summed E-state index contributed by atoms with van der Waals surface area (Å²) in [5, 5.41) is 5.16. The van der Waals surface area contributed by atoms with Gasteiger partial charge in [-0.3, -0.25) is 4.72 Å². The predicted molar refractivity (Wildman–Crippen MR) is 95.4 cm³/mol. The molecular formula is C16H18N2O6S2. The van der Waals surface area contributed by atoms with Crippen molar-refractivity contribution in [2.45, 2.75) is 23.1 Å². The van der Waals surface area contributed by atoms with E-state index in [1.54, 1.807) is 6.92 Å². The summed E-state index contributed by atoms with van der Waals surface area (Å²) in [6, 6.07) is 8.42. The molecule has 0 aromatic heterocycles. The Kier molecular flexibility index (Phi) is 4.82. The van der Waals surface area contributed by atoms with E-state index in [1.807, 2.05) is 0 Å². The average molecular weight is 398 g/mol. The van der Waals surface area contributed by atoms with Crippen LogP contribution in [-0.4, -0.2) is 30.0 Å². The van der Waals surface area contributed by atoms with Gasteiger partial charge in [-0.1, -0.05) is 6.07 Å². The van der Waals surface area contributed by atoms with Crippen molar-refractivity contribution in [3.05, 3.63) is 42.0 Å². The van der Waals surface area contributed by atoms with E-state index in [0.29, 0.717) is 36.7 Å². The fourth-order valence-corrected chi connectivity index (χ4v) is 4.37. The van der Waals surface area contributed by atoms with Crippen LogP contribution >= 0.6 is 0 Å². The van der Waals surface area contributed by atoms with Crippen molar-refractivity contribution in [3.8, 4) is 11.5 Å². The molecule has 140 valence electrons. The molecule has 0 bridgehead atoms. The van der Waals surface area contributed by atoms with Crippen LogP contribution < -0.4 is 19.3 Å². The molecule has 1 heterocycles. The summed E-state index contributed by atoms with van der Waals surface area (Å²) in [6.45, 7) is 2.50. The number of rotatable bonds is 4. The summed E-state index contributed by atoms with van der Waals surface area (Å²) < 4.78 is 61.8. The van der Waals surface area contributed by atoms with Crippen LogP contribution in [0.2, 0.25) is 0 Å². The number of hydrogen-bond donors (Lipinski definition) is 2. The van der Waals surface area contributed by atoms with Crippen molar-refractivity contribution in [2.24, 2.45) is 5.14 Å². The first-order valence-electron chi connectivity index (χ1n) is 7.73. The topological polar surface area (TPSA) is 125 Å². The third-order valence-corrected chi connectivity index (χ3v) is 6.21. The number of sulfonamides is 2. The second kappa shape index (κ2) is 6.78. The normalized spacial score (nSPS) is 14.5. The summed E-state index contributed by atoms with van der Waals surface area (Å²) in [7, 11) is -7.92. The number of ether oxygens (including phenoxy) is 2. The summed E-state index contributed by atoms with van der Waals surface area (Å²) in [5.74, 6) is 0.827. The fourth-order valence-electron chi connectivity index (χ4n) is 2.49. The van der Waals surface area contributed by atoms with Gasteiger partial charge in [0, 0.05) is 12.5 Å². The van der Waals surface area contributed by atoms with E-state index in [1.165, 1.54) is 36.4 Å². The Morgan fingerprint density at radius 3 is 2.35 bits per heavy atom. The van der Waals surface area contributed by atoms with Crippen LogP contribution in [0.15, 0.2) is 46.2 Å². The second-order valence-corrected chi connectivity index (χ2v) is 9.00. The molecule has 0 saturated carbocycles. The summed E-state index contributed by atoms with van der Waals surface area (Å²) in [4.78, 5) is -0.171. The van der Waals surface area contributed by atoms with E-state index < -0.39 is 20.0 Å². The van der Waals surface area contributed by atoms with Gasteiger partial charge in [0.25, 0.3) is 10.0 Å². The predicted octanol–water partition coefficient (Wildman–Crippen LogP) is 1.60. The second-order valence-electron chi connectivity index (χ2n) is 5.79. The number of nitrogens with one attached hydrogen (secondary N) is 1. The number of primary sulfonamides is 1. The van der Waals surface area contributed by atoms with Crippen molar-refractivity contribution in [3.63, 3.8) is 0 Å². The molecule has 0 amide bonds. The molecule has 2 aromatic carbocycles. The van der Waals surface area contributed by atoms with Crippen molar-refractivity contribution >= 4 is 25.7 Å². The fraction of sp³-hybridized carbons (Fsp3) is 0.250. The average Bonchev–Trinajstić information content (AvgIpc) is 2.80. The highest BCUT2D eigenvalue weighted by atomic mass is 32.2. The molecule has 0 atom stereocenters. The Bertz CT molecular complexity index is 1050. The number of aryl methyl sites for hydroxylation is 1. The van der Waals surface area contributed by atoms with Gasteiger partial charge >= 0.3 is 0 Å². The third-order valence-electron chi connectivity index (χ3n) is 3.78. The zero-order valence-electron chi connectivity index (χ0n) is 13.9. The van der Waals surface area contributed by atoms with Crippen molar-refractivity contribution in [2.75, 3.05) is 17.9 Å². The molecule has 0 unspecified atom stereocenters. The highest BCUT2D eigenvalue weighted by Crippen LogP contribution is 2.32. The van der Waals surface area contributed by atoms with Gasteiger partial charge in [0.15, 0.2) is 11.5 Å². The largest absolute Gasteiger partial charge is 0.490 e. The van der Waals surface area contributed by atoms with E-state index >= 15 is 0 Å². The monoisotopic (exact) mass is 398 g/mol. The highest BCUT2D eigenvalue weighted by molar-refractivity contribution is 7.92. The number of benzene rings is 2. The summed E-state index contributed by atoms with van der Waals surface area (Å²) in [6.07, 6.45) is 0.703. The van der Waals surface area contributed by atoms with Crippen molar-refractivity contribution in [1.29, 1.82) is 0 Å². The minimum Gasteiger partial charge on any atom is -0.490 e. The molecule has 3 rings (SSSR count). The molecule has 2 aromatic rings. The lowest BCUT2D eigenvalue weighted by Crippen LogP contribution is -2.16. The van der Waals surface area contributed by atoms with E-state index in [2.05, 4.69) is 4.72 Å². The van der Waals surface area contributed by atoms with E-state index in [0.717, 1.165) is 0 Å². The molecule has 0 fully saturated rings. The molecule has 0 radical (unpaired) electrons. The van der Waals surface area contributed by atoms with Gasteiger partial charge in [-0.15, -0.1) is 0 Å². The van der Waals surface area contributed by atoms with Gasteiger partial charge in [-0.2, -0.15) is 0 Å². The Balaban J connectivity index is 1.94. The van der Waals surface area contributed by atoms with Gasteiger partial charge in [0.2, 0.25) is 10.0 Å². The number of anilines is 1. The maximum atomic E-state index is 12.6. The van der Waals surface area contributed by atoms with Gasteiger partial charge in [-0.05, 0) is 36.8 Å². The highest BCUT2D eigenvalue weighted by Gasteiger charge is 2.20. The lowest BCUT2D eigenvalue weighted by atomic mass is 10.2. The standard InChI is InChI=1S/C16H18N2O6S2/c1-11-3-4-12(9-16(11)25(17,19)20)18-26(21,22)13-5-6-14-15(10-13)24-8-2-7-23-14/h3-6,9-10,18H,2,7-8H2,1H3,(H2,17,19,20). The molecule has 0 aliphatic carbocycles. The smallest absolute Gasteiger partial charge is 0.262 e. The molecule has 8 nitrogen and oxygen atoms in total. The van der Waals surface area contributed by atoms with Crippen LogP contribution in [0.25, 0.3) is 0 Å². The molecule has 0 saturated heterocycles. The molecule has 1 aliphatic rings. The number of fused-ring (bicyclic) bond motifs is 1. The minimum atomic E-state index is -3.96. The summed E-state index contributed by atoms with van der Waals surface area (Å²) in [5.41, 5.74) is 0.512. The van der Waals surface area contributed by atoms with Crippen LogP contribution in [0.3, 0.4) is 0 Å². The molecular weight excluding hydrogens is 380 g/mol. The lowest BCUT2D eigenvalue weighted by molar-refractivity contribution is 0.297. The van der Waals surface area contributed by atoms with E-state index in [-0.39, 0.29) is 15.5 Å². The lowest BCUT2D eigenvalue weighted by Gasteiger charge is -2.12. The van der Waals surface area contributed by atoms with E-state index in [4.69, 9.17) is 14.6 Å². The van der Waals surface area contributed by atoms with Crippen LogP contribution in [-0.2, 0) is 20.0 Å². The number of nitrogens with two attached hydrogens (primary N) is 1. The van der Waals surface area contributed by atoms with Crippen LogP contribution in [0.5, 0.6) is 11.5 Å². The molecule has 0 spiro atoms. The first kappa shape index (κ1) is 18.5. The zero-order chi connectivity index (χ0) is 18.9. The Labute approximate surface area is 152 Å². The SMILES string of the molecule is Cc1ccc(NS(=O)(=O)c2ccc3c(c2)OCCCO3)cc1S(N)(=O)=O. The van der Waals surface area contributed by atoms with Gasteiger partial charge in [0.05, 0.1) is 28.7 Å². The van der Waals surface area contributed by atoms with Crippen LogP contribution in [0.4, 0.5) is 5.69 Å². The number of hydrogen-bond acceptors (Lipinski definition) is 6. The third kappa shape index (κ3) is 3.92. The Morgan fingerprint density at radius 2 is 1.65 bits per heavy atom.